The van der Waals surface area contributed by atoms with Crippen LogP contribution < -0.4 is 0 Å². The fourth-order valence-corrected chi connectivity index (χ4v) is 2.72. The molecule has 0 fully saturated rings. The lowest BCUT2D eigenvalue weighted by Crippen LogP contribution is -2.31. The molecule has 0 aliphatic carbocycles. The zero-order valence-electron chi connectivity index (χ0n) is 14.4. The van der Waals surface area contributed by atoms with Crippen molar-refractivity contribution < 1.29 is 9.53 Å². The van der Waals surface area contributed by atoms with Crippen molar-refractivity contribution in [3.63, 3.8) is 0 Å². The second kappa shape index (κ2) is 7.63. The highest BCUT2D eigenvalue weighted by molar-refractivity contribution is 5.79. The van der Waals surface area contributed by atoms with Gasteiger partial charge in [0.2, 0.25) is 0 Å². The quantitative estimate of drug-likeness (QED) is 0.669. The van der Waals surface area contributed by atoms with Gasteiger partial charge in [-0.05, 0) is 45.6 Å². The minimum absolute atomic E-state index is 0.0911. The lowest BCUT2D eigenvalue weighted by molar-refractivity contribution is -0.158. The molecule has 2 heteroatoms. The van der Waals surface area contributed by atoms with Gasteiger partial charge in [0.25, 0.3) is 0 Å². The Morgan fingerprint density at radius 3 is 2.14 bits per heavy atom. The average molecular weight is 290 g/mol. The van der Waals surface area contributed by atoms with Crippen molar-refractivity contribution in [2.75, 3.05) is 0 Å². The van der Waals surface area contributed by atoms with Crippen LogP contribution in [-0.2, 0) is 9.53 Å². The van der Waals surface area contributed by atoms with Gasteiger partial charge in [0, 0.05) is 0 Å². The summed E-state index contributed by atoms with van der Waals surface area (Å²) < 4.78 is 5.67. The highest BCUT2D eigenvalue weighted by Crippen LogP contribution is 2.33. The van der Waals surface area contributed by atoms with Gasteiger partial charge in [-0.1, -0.05) is 56.5 Å². The Hall–Kier alpha value is -1.31. The van der Waals surface area contributed by atoms with Crippen LogP contribution in [0.3, 0.4) is 0 Å². The lowest BCUT2D eigenvalue weighted by atomic mass is 9.81. The molecule has 0 aliphatic heterocycles. The lowest BCUT2D eigenvalue weighted by Gasteiger charge is -2.29. The van der Waals surface area contributed by atoms with E-state index in [1.54, 1.807) is 0 Å². The van der Waals surface area contributed by atoms with Crippen LogP contribution in [0, 0.1) is 12.8 Å². The third-order valence-electron chi connectivity index (χ3n) is 3.75. The van der Waals surface area contributed by atoms with Crippen molar-refractivity contribution >= 4 is 5.97 Å². The summed E-state index contributed by atoms with van der Waals surface area (Å²) in [4.78, 5) is 12.7. The van der Waals surface area contributed by atoms with Gasteiger partial charge in [0.05, 0.1) is 5.92 Å². The fraction of sp³-hybridized carbons (Fsp3) is 0.632. The Kier molecular flexibility index (Phi) is 6.44. The van der Waals surface area contributed by atoms with E-state index in [9.17, 15) is 4.79 Å². The Morgan fingerprint density at radius 2 is 1.71 bits per heavy atom. The first-order chi connectivity index (χ1) is 9.78. The third kappa shape index (κ3) is 5.53. The van der Waals surface area contributed by atoms with Crippen molar-refractivity contribution in [2.45, 2.75) is 72.3 Å². The topological polar surface area (TPSA) is 26.3 Å². The summed E-state index contributed by atoms with van der Waals surface area (Å²) in [6, 6.07) is 8.29. The van der Waals surface area contributed by atoms with Gasteiger partial charge in [-0.25, -0.2) is 0 Å². The highest BCUT2D eigenvalue weighted by atomic mass is 16.6. The van der Waals surface area contributed by atoms with E-state index in [1.807, 2.05) is 20.8 Å². The zero-order chi connectivity index (χ0) is 16.0. The predicted molar refractivity (Wildman–Crippen MR) is 88.5 cm³/mol. The summed E-state index contributed by atoms with van der Waals surface area (Å²) in [5.41, 5.74) is 1.85. The summed E-state index contributed by atoms with van der Waals surface area (Å²) in [5, 5.41) is 0. The first-order valence-electron chi connectivity index (χ1n) is 8.08. The van der Waals surface area contributed by atoms with E-state index < -0.39 is 5.60 Å². The van der Waals surface area contributed by atoms with Crippen molar-refractivity contribution in [2.24, 2.45) is 5.92 Å². The molecule has 0 N–H and O–H groups in total. The summed E-state index contributed by atoms with van der Waals surface area (Å²) in [7, 11) is 0. The highest BCUT2D eigenvalue weighted by Gasteiger charge is 2.32. The molecule has 2 atom stereocenters. The largest absolute Gasteiger partial charge is 0.459 e. The molecule has 0 aliphatic rings. The van der Waals surface area contributed by atoms with Crippen LogP contribution in [0.2, 0.25) is 0 Å². The van der Waals surface area contributed by atoms with E-state index in [0.29, 0.717) is 5.92 Å². The second-order valence-corrected chi connectivity index (χ2v) is 6.88. The Balaban J connectivity index is 3.09. The molecule has 1 aromatic carbocycles. The van der Waals surface area contributed by atoms with Crippen molar-refractivity contribution in [3.8, 4) is 0 Å². The van der Waals surface area contributed by atoms with E-state index in [2.05, 4.69) is 45.0 Å². The number of hydrogen-bond donors (Lipinski definition) is 0. The zero-order valence-corrected chi connectivity index (χ0v) is 14.4. The molecule has 0 saturated carbocycles. The van der Waals surface area contributed by atoms with Crippen LogP contribution in [0.25, 0.3) is 0 Å². The van der Waals surface area contributed by atoms with Crippen LogP contribution in [0.15, 0.2) is 24.3 Å². The smallest absolute Gasteiger partial charge is 0.314 e. The number of rotatable bonds is 6. The SMILES string of the molecule is CCCC(CC)C(C(=O)OC(C)(C)C)c1ccc(C)cc1. The first-order valence-corrected chi connectivity index (χ1v) is 8.08. The van der Waals surface area contributed by atoms with Crippen molar-refractivity contribution in [1.82, 2.24) is 0 Å². The van der Waals surface area contributed by atoms with Gasteiger partial charge in [0.1, 0.15) is 5.60 Å². The van der Waals surface area contributed by atoms with E-state index in [0.717, 1.165) is 24.8 Å². The van der Waals surface area contributed by atoms with Gasteiger partial charge < -0.3 is 4.74 Å². The molecule has 0 radical (unpaired) electrons. The molecule has 0 heterocycles. The van der Waals surface area contributed by atoms with Gasteiger partial charge in [-0.15, -0.1) is 0 Å². The van der Waals surface area contributed by atoms with Gasteiger partial charge in [-0.3, -0.25) is 4.79 Å². The molecular formula is C19H30O2. The van der Waals surface area contributed by atoms with E-state index in [1.165, 1.54) is 5.56 Å². The normalized spacial score (nSPS) is 14.6. The molecule has 1 rings (SSSR count). The number of carbonyl (C=O) groups is 1. The Bertz CT molecular complexity index is 440. The summed E-state index contributed by atoms with van der Waals surface area (Å²) >= 11 is 0. The molecule has 0 amide bonds. The second-order valence-electron chi connectivity index (χ2n) is 6.88. The minimum Gasteiger partial charge on any atom is -0.459 e. The number of hydrogen-bond acceptors (Lipinski definition) is 2. The summed E-state index contributed by atoms with van der Waals surface area (Å²) in [6.07, 6.45) is 3.13. The maximum atomic E-state index is 12.7. The molecule has 2 unspecified atom stereocenters. The molecule has 118 valence electrons. The maximum absolute atomic E-state index is 12.7. The molecule has 21 heavy (non-hydrogen) atoms. The molecule has 1 aromatic rings. The van der Waals surface area contributed by atoms with Crippen LogP contribution in [0.5, 0.6) is 0 Å². The Morgan fingerprint density at radius 1 is 1.14 bits per heavy atom. The number of esters is 1. The third-order valence-corrected chi connectivity index (χ3v) is 3.75. The van der Waals surface area contributed by atoms with Gasteiger partial charge in [-0.2, -0.15) is 0 Å². The van der Waals surface area contributed by atoms with E-state index in [-0.39, 0.29) is 11.9 Å². The molecular weight excluding hydrogens is 260 g/mol. The Labute approximate surface area is 129 Å². The van der Waals surface area contributed by atoms with Gasteiger partial charge >= 0.3 is 5.97 Å². The van der Waals surface area contributed by atoms with E-state index >= 15 is 0 Å². The average Bonchev–Trinajstić information content (AvgIpc) is 2.38. The maximum Gasteiger partial charge on any atom is 0.314 e. The van der Waals surface area contributed by atoms with E-state index in [4.69, 9.17) is 4.74 Å². The summed E-state index contributed by atoms with van der Waals surface area (Å²) in [5.74, 6) is 0.0917. The number of benzene rings is 1. The van der Waals surface area contributed by atoms with Crippen LogP contribution in [-0.4, -0.2) is 11.6 Å². The van der Waals surface area contributed by atoms with Crippen LogP contribution >= 0.6 is 0 Å². The monoisotopic (exact) mass is 290 g/mol. The molecule has 0 aromatic heterocycles. The van der Waals surface area contributed by atoms with Crippen LogP contribution in [0.1, 0.15) is 70.9 Å². The minimum atomic E-state index is -0.440. The van der Waals surface area contributed by atoms with Crippen LogP contribution in [0.4, 0.5) is 0 Å². The summed E-state index contributed by atoms with van der Waals surface area (Å²) in [6.45, 7) is 12.2. The fourth-order valence-electron chi connectivity index (χ4n) is 2.72. The molecule has 0 saturated heterocycles. The van der Waals surface area contributed by atoms with Gasteiger partial charge in [0.15, 0.2) is 0 Å². The first kappa shape index (κ1) is 17.7. The number of carbonyl (C=O) groups excluding carboxylic acids is 1. The number of aryl methyl sites for hydroxylation is 1. The molecule has 0 bridgehead atoms. The predicted octanol–water partition coefficient (Wildman–Crippen LogP) is 5.25. The molecule has 0 spiro atoms. The molecule has 2 nitrogen and oxygen atoms in total. The van der Waals surface area contributed by atoms with Crippen molar-refractivity contribution in [3.05, 3.63) is 35.4 Å². The van der Waals surface area contributed by atoms with Crippen molar-refractivity contribution in [1.29, 1.82) is 0 Å². The number of ether oxygens (including phenoxy) is 1. The standard InChI is InChI=1S/C19H30O2/c1-7-9-15(8-2)17(18(20)21-19(4,5)6)16-12-10-14(3)11-13-16/h10-13,15,17H,7-9H2,1-6H3.